The van der Waals surface area contributed by atoms with Crippen LogP contribution >= 0.6 is 22.7 Å². The summed E-state index contributed by atoms with van der Waals surface area (Å²) < 4.78 is 25.3. The summed E-state index contributed by atoms with van der Waals surface area (Å²) in [6, 6.07) is 16.9. The number of hydrogen-bond acceptors (Lipinski definition) is 9. The molecule has 266 valence electrons. The van der Waals surface area contributed by atoms with Crippen LogP contribution in [-0.4, -0.2) is 62.7 Å². The van der Waals surface area contributed by atoms with Crippen molar-refractivity contribution in [2.75, 3.05) is 60.4 Å². The number of para-hydroxylation sites is 1. The third kappa shape index (κ3) is 6.33. The number of fused-ring (bicyclic) bond motifs is 3. The van der Waals surface area contributed by atoms with Crippen molar-refractivity contribution in [2.24, 2.45) is 5.41 Å². The van der Waals surface area contributed by atoms with Gasteiger partial charge in [0.1, 0.15) is 17.3 Å². The fraction of sp³-hybridized carbons (Fsp3) is 0.282. The summed E-state index contributed by atoms with van der Waals surface area (Å²) in [4.78, 5) is 51.6. The number of ether oxygens (including phenoxy) is 2. The van der Waals surface area contributed by atoms with Crippen LogP contribution in [0, 0.1) is 18.2 Å². The van der Waals surface area contributed by atoms with Crippen LogP contribution in [0.3, 0.4) is 0 Å². The molecule has 0 unspecified atom stereocenters. The number of carbonyl (C=O) groups is 3. The molecule has 0 aliphatic carbocycles. The molecule has 2 saturated heterocycles. The van der Waals surface area contributed by atoms with Crippen LogP contribution in [0.4, 0.5) is 27.3 Å². The maximum absolute atomic E-state index is 14.5. The smallest absolute Gasteiger partial charge is 0.265 e. The molecule has 8 rings (SSSR count). The van der Waals surface area contributed by atoms with Gasteiger partial charge in [-0.05, 0) is 97.3 Å². The van der Waals surface area contributed by atoms with E-state index in [1.54, 1.807) is 41.4 Å². The largest absolute Gasteiger partial charge is 0.494 e. The van der Waals surface area contributed by atoms with Crippen LogP contribution in [-0.2, 0) is 11.2 Å². The van der Waals surface area contributed by atoms with Crippen molar-refractivity contribution in [2.45, 2.75) is 26.2 Å². The molecule has 2 aromatic carbocycles. The Balaban J connectivity index is 0.959. The molecule has 0 saturated carbocycles. The minimum atomic E-state index is -0.584. The fourth-order valence-electron chi connectivity index (χ4n) is 7.20. The highest BCUT2D eigenvalue weighted by molar-refractivity contribution is 7.23. The van der Waals surface area contributed by atoms with Crippen LogP contribution in [0.2, 0.25) is 0 Å². The predicted octanol–water partition coefficient (Wildman–Crippen LogP) is 7.65. The number of aryl methyl sites for hydroxylation is 1. The van der Waals surface area contributed by atoms with Crippen molar-refractivity contribution in [1.29, 1.82) is 0 Å². The number of rotatable bonds is 7. The minimum absolute atomic E-state index is 0.00930. The van der Waals surface area contributed by atoms with Crippen molar-refractivity contribution >= 4 is 63.3 Å². The second-order valence-corrected chi connectivity index (χ2v) is 15.4. The van der Waals surface area contributed by atoms with E-state index in [1.807, 2.05) is 30.5 Å². The molecule has 10 nitrogen and oxygen atoms in total. The average molecular weight is 738 g/mol. The van der Waals surface area contributed by atoms with Gasteiger partial charge < -0.3 is 29.9 Å². The first-order valence-electron chi connectivity index (χ1n) is 17.1. The van der Waals surface area contributed by atoms with Gasteiger partial charge in [-0.15, -0.1) is 22.7 Å². The van der Waals surface area contributed by atoms with Gasteiger partial charge in [0.15, 0.2) is 5.82 Å². The molecular weight excluding hydrogens is 702 g/mol. The lowest BCUT2D eigenvalue weighted by Gasteiger charge is -2.53. The van der Waals surface area contributed by atoms with E-state index < -0.39 is 11.7 Å². The van der Waals surface area contributed by atoms with E-state index >= 15 is 0 Å². The van der Waals surface area contributed by atoms with E-state index in [0.29, 0.717) is 40.5 Å². The van der Waals surface area contributed by atoms with Crippen molar-refractivity contribution < 1.29 is 28.2 Å². The summed E-state index contributed by atoms with van der Waals surface area (Å²) in [7, 11) is 1.42. The summed E-state index contributed by atoms with van der Waals surface area (Å²) in [5, 5.41) is 7.60. The van der Waals surface area contributed by atoms with Crippen molar-refractivity contribution in [1.82, 2.24) is 4.98 Å². The number of methoxy groups -OCH3 is 1. The highest BCUT2D eigenvalue weighted by atomic mass is 32.1. The molecule has 13 heteroatoms. The Kier molecular flexibility index (Phi) is 9.02. The highest BCUT2D eigenvalue weighted by Gasteiger charge is 2.45. The molecule has 2 fully saturated rings. The number of halogens is 1. The molecule has 3 aliphatic rings. The molecule has 52 heavy (non-hydrogen) atoms. The normalized spacial score (nSPS) is 16.0. The van der Waals surface area contributed by atoms with Crippen molar-refractivity contribution in [3.63, 3.8) is 0 Å². The number of pyridine rings is 1. The maximum atomic E-state index is 14.5. The van der Waals surface area contributed by atoms with Crippen LogP contribution < -0.4 is 25.2 Å². The molecule has 5 aromatic rings. The van der Waals surface area contributed by atoms with Crippen LogP contribution in [0.1, 0.15) is 54.4 Å². The van der Waals surface area contributed by atoms with Gasteiger partial charge in [0.25, 0.3) is 17.7 Å². The number of nitrogens with one attached hydrogen (secondary N) is 2. The first-order chi connectivity index (χ1) is 25.2. The number of thiophene rings is 2. The number of aromatic nitrogens is 1. The minimum Gasteiger partial charge on any atom is -0.494 e. The zero-order valence-corrected chi connectivity index (χ0v) is 30.3. The van der Waals surface area contributed by atoms with E-state index in [4.69, 9.17) is 9.47 Å². The van der Waals surface area contributed by atoms with Gasteiger partial charge in [-0.3, -0.25) is 14.4 Å². The molecule has 0 radical (unpaired) electrons. The lowest BCUT2D eigenvalue weighted by atomic mass is 9.73. The monoisotopic (exact) mass is 737 g/mol. The Morgan fingerprint density at radius 1 is 0.981 bits per heavy atom. The Morgan fingerprint density at radius 2 is 1.77 bits per heavy atom. The zero-order chi connectivity index (χ0) is 36.0. The van der Waals surface area contributed by atoms with Gasteiger partial charge in [0.2, 0.25) is 0 Å². The summed E-state index contributed by atoms with van der Waals surface area (Å²) in [6.07, 6.45) is 4.37. The second kappa shape index (κ2) is 13.8. The van der Waals surface area contributed by atoms with Crippen LogP contribution in [0.5, 0.6) is 5.75 Å². The second-order valence-electron chi connectivity index (χ2n) is 13.5. The summed E-state index contributed by atoms with van der Waals surface area (Å²) in [5.74, 6) is -0.507. The average Bonchev–Trinajstić information content (AvgIpc) is 3.77. The number of benzene rings is 2. The summed E-state index contributed by atoms with van der Waals surface area (Å²) in [6.45, 7) is 5.61. The SMILES string of the molecule is COc1cccc(F)c1NC(=O)c1cc2c(s1)-c1sccc1N(C(=O)c1ccc(NC(=O)c3cc(C)cnc3N3CC4(CCOCC4)C3)cc1)CC2. The Morgan fingerprint density at radius 3 is 2.54 bits per heavy atom. The number of hydrogen-bond donors (Lipinski definition) is 2. The Hall–Kier alpha value is -5.11. The molecule has 3 amide bonds. The Labute approximate surface area is 308 Å². The summed E-state index contributed by atoms with van der Waals surface area (Å²) >= 11 is 2.82. The predicted molar refractivity (Wildman–Crippen MR) is 202 cm³/mol. The fourth-order valence-corrected chi connectivity index (χ4v) is 9.40. The number of anilines is 4. The van der Waals surface area contributed by atoms with E-state index in [2.05, 4.69) is 20.5 Å². The number of nitrogens with zero attached hydrogens (tertiary/aromatic N) is 3. The van der Waals surface area contributed by atoms with E-state index in [1.165, 1.54) is 41.9 Å². The molecule has 1 spiro atoms. The maximum Gasteiger partial charge on any atom is 0.265 e. The van der Waals surface area contributed by atoms with E-state index in [-0.39, 0.29) is 28.7 Å². The van der Waals surface area contributed by atoms with Gasteiger partial charge >= 0.3 is 0 Å². The quantitative estimate of drug-likeness (QED) is 0.177. The van der Waals surface area contributed by atoms with Crippen LogP contribution in [0.15, 0.2) is 72.2 Å². The first-order valence-corrected chi connectivity index (χ1v) is 18.8. The van der Waals surface area contributed by atoms with Gasteiger partial charge in [-0.25, -0.2) is 9.37 Å². The third-order valence-electron chi connectivity index (χ3n) is 10.0. The molecular formula is C39H36FN5O5S2. The zero-order valence-electron chi connectivity index (χ0n) is 28.7. The molecule has 0 atom stereocenters. The van der Waals surface area contributed by atoms with E-state index in [0.717, 1.165) is 65.7 Å². The first kappa shape index (κ1) is 34.0. The van der Waals surface area contributed by atoms with Crippen molar-refractivity contribution in [3.8, 4) is 15.5 Å². The molecule has 6 heterocycles. The highest BCUT2D eigenvalue weighted by Crippen LogP contribution is 2.46. The lowest BCUT2D eigenvalue weighted by molar-refractivity contribution is -0.000511. The van der Waals surface area contributed by atoms with Crippen molar-refractivity contribution in [3.05, 3.63) is 105 Å². The molecule has 3 aliphatic heterocycles. The molecule has 3 aromatic heterocycles. The lowest BCUT2D eigenvalue weighted by Crippen LogP contribution is -2.59. The Bertz CT molecular complexity index is 2190. The van der Waals surface area contributed by atoms with E-state index in [9.17, 15) is 18.8 Å². The topological polar surface area (TPSA) is 113 Å². The standard InChI is InChI=1S/C39H36FN5O5S2/c1-23-18-27(35(41-20-23)44-21-39(22-44)12-15-50-16-13-39)36(46)42-26-8-6-24(7-9-26)38(48)45-14-10-25-19-31(52-33(25)34-29(45)11-17-51-34)37(47)43-32-28(40)4-3-5-30(32)49-2/h3-9,11,17-20H,10,12-16,21-22H2,1-2H3,(H,42,46)(H,43,47). The molecule has 0 bridgehead atoms. The van der Waals surface area contributed by atoms with Gasteiger partial charge in [0.05, 0.1) is 33.0 Å². The van der Waals surface area contributed by atoms with Crippen LogP contribution in [0.25, 0.3) is 9.75 Å². The summed E-state index contributed by atoms with van der Waals surface area (Å²) in [5.41, 5.74) is 4.43. The number of carbonyl (C=O) groups excluding carboxylic acids is 3. The van der Waals surface area contributed by atoms with Gasteiger partial charge in [-0.1, -0.05) is 6.07 Å². The number of amides is 3. The van der Waals surface area contributed by atoms with Gasteiger partial charge in [0, 0.05) is 55.7 Å². The van der Waals surface area contributed by atoms with Gasteiger partial charge in [-0.2, -0.15) is 0 Å². The third-order valence-corrected chi connectivity index (χ3v) is 12.2. The molecule has 2 N–H and O–H groups in total.